The van der Waals surface area contributed by atoms with E-state index >= 15 is 0 Å². The van der Waals surface area contributed by atoms with Gasteiger partial charge in [-0.25, -0.2) is 13.2 Å². The van der Waals surface area contributed by atoms with Crippen molar-refractivity contribution in [3.63, 3.8) is 0 Å². The Morgan fingerprint density at radius 1 is 1.10 bits per heavy atom. The van der Waals surface area contributed by atoms with Crippen LogP contribution in [0.2, 0.25) is 10.0 Å². The molecular formula is C28H29Cl2N3O7S. The average Bonchev–Trinajstić information content (AvgIpc) is 3.86. The minimum atomic E-state index is -4.06. The number of carbonyl (C=O) groups is 2. The van der Waals surface area contributed by atoms with Gasteiger partial charge in [0.25, 0.3) is 0 Å². The number of hydrogen-bond acceptors (Lipinski definition) is 8. The second kappa shape index (κ2) is 11.3. The number of ether oxygens (including phenoxy) is 3. The molecule has 0 radical (unpaired) electrons. The average molecular weight is 623 g/mol. The van der Waals surface area contributed by atoms with Crippen molar-refractivity contribution >= 4 is 45.0 Å². The number of hydrogen-bond donors (Lipinski definition) is 1. The third-order valence-corrected chi connectivity index (χ3v) is 10.6. The number of amides is 2. The Balaban J connectivity index is 1.40. The zero-order chi connectivity index (χ0) is 29.4. The quantitative estimate of drug-likeness (QED) is 0.389. The van der Waals surface area contributed by atoms with Crippen LogP contribution in [0.4, 0.5) is 4.79 Å². The van der Waals surface area contributed by atoms with Crippen LogP contribution in [0.25, 0.3) is 0 Å². The molecule has 0 bridgehead atoms. The number of methoxy groups -OCH3 is 1. The molecule has 218 valence electrons. The summed E-state index contributed by atoms with van der Waals surface area (Å²) in [7, 11) is -2.52. The standard InChI is InChI=1S/C28H29Cl2N3O7S/c1-38-12-13-39-20-6-7-23(22(30)14-20)41(36,37)21-15-24(40-26(35)32-27(17-31)8-9-27)33(16-21)25(34)28(10-11-28)18-2-4-19(29)5-3-18/h2-7,14,21,24H,8-13,15-16H2,1H3,(H,32,35)/t21-,24+/m1/s1. The molecule has 13 heteroatoms. The summed E-state index contributed by atoms with van der Waals surface area (Å²) in [5, 5.41) is 11.3. The van der Waals surface area contributed by atoms with Crippen LogP contribution in [-0.2, 0) is 29.5 Å². The van der Waals surface area contributed by atoms with Crippen molar-refractivity contribution in [2.45, 2.75) is 59.4 Å². The van der Waals surface area contributed by atoms with Crippen molar-refractivity contribution in [2.75, 3.05) is 26.9 Å². The number of benzene rings is 2. The van der Waals surface area contributed by atoms with Crippen LogP contribution in [0, 0.1) is 11.3 Å². The summed E-state index contributed by atoms with van der Waals surface area (Å²) in [5.74, 6) is 0.0574. The molecule has 0 aromatic heterocycles. The number of likely N-dealkylation sites (tertiary alicyclic amines) is 1. The zero-order valence-corrected chi connectivity index (χ0v) is 24.6. The molecule has 0 spiro atoms. The monoisotopic (exact) mass is 621 g/mol. The Kier molecular flexibility index (Phi) is 8.14. The number of nitriles is 1. The minimum Gasteiger partial charge on any atom is -0.491 e. The van der Waals surface area contributed by atoms with Crippen molar-refractivity contribution in [3.05, 3.63) is 58.1 Å². The van der Waals surface area contributed by atoms with E-state index in [0.717, 1.165) is 5.56 Å². The Morgan fingerprint density at radius 2 is 1.80 bits per heavy atom. The number of alkyl carbamates (subject to hydrolysis) is 1. The molecule has 2 aromatic carbocycles. The molecule has 2 aromatic rings. The van der Waals surface area contributed by atoms with Crippen LogP contribution in [0.5, 0.6) is 5.75 Å². The lowest BCUT2D eigenvalue weighted by atomic mass is 9.94. The van der Waals surface area contributed by atoms with Crippen molar-refractivity contribution in [1.29, 1.82) is 5.26 Å². The normalized spacial score (nSPS) is 22.0. The van der Waals surface area contributed by atoms with Gasteiger partial charge in [0, 0.05) is 31.2 Å². The predicted octanol–water partition coefficient (Wildman–Crippen LogP) is 4.23. The number of rotatable bonds is 10. The Morgan fingerprint density at radius 3 is 2.39 bits per heavy atom. The van der Waals surface area contributed by atoms with Gasteiger partial charge in [-0.15, -0.1) is 0 Å². The smallest absolute Gasteiger partial charge is 0.410 e. The Bertz CT molecular complexity index is 1480. The van der Waals surface area contributed by atoms with Crippen molar-refractivity contribution < 1.29 is 32.2 Å². The first kappa shape index (κ1) is 29.5. The molecule has 3 fully saturated rings. The second-order valence-corrected chi connectivity index (χ2v) is 13.6. The summed E-state index contributed by atoms with van der Waals surface area (Å²) in [6.45, 7) is 0.425. The maximum Gasteiger partial charge on any atom is 0.410 e. The van der Waals surface area contributed by atoms with E-state index in [4.69, 9.17) is 37.4 Å². The highest BCUT2D eigenvalue weighted by atomic mass is 35.5. The van der Waals surface area contributed by atoms with Gasteiger partial charge >= 0.3 is 6.09 Å². The van der Waals surface area contributed by atoms with Crippen molar-refractivity contribution in [2.24, 2.45) is 0 Å². The third kappa shape index (κ3) is 5.97. The number of nitrogens with zero attached hydrogens (tertiary/aromatic N) is 2. The van der Waals surface area contributed by atoms with E-state index in [9.17, 15) is 23.3 Å². The van der Waals surface area contributed by atoms with Gasteiger partial charge in [0.2, 0.25) is 5.91 Å². The highest BCUT2D eigenvalue weighted by Gasteiger charge is 2.57. The molecular weight excluding hydrogens is 593 g/mol. The van der Waals surface area contributed by atoms with Crippen LogP contribution >= 0.6 is 23.2 Å². The van der Waals surface area contributed by atoms with Gasteiger partial charge in [0.1, 0.15) is 17.9 Å². The first-order chi connectivity index (χ1) is 19.5. The highest BCUT2D eigenvalue weighted by molar-refractivity contribution is 7.92. The van der Waals surface area contributed by atoms with Crippen LogP contribution in [0.15, 0.2) is 47.4 Å². The molecule has 2 amide bonds. The van der Waals surface area contributed by atoms with Crippen molar-refractivity contribution in [1.82, 2.24) is 10.2 Å². The van der Waals surface area contributed by atoms with E-state index in [-0.39, 0.29) is 35.4 Å². The summed E-state index contributed by atoms with van der Waals surface area (Å²) in [5.41, 5.74) is -1.09. The third-order valence-electron chi connectivity index (χ3n) is 7.78. The van der Waals surface area contributed by atoms with Crippen LogP contribution in [0.3, 0.4) is 0 Å². The topological polar surface area (TPSA) is 135 Å². The van der Waals surface area contributed by atoms with Crippen LogP contribution in [-0.4, -0.2) is 69.2 Å². The summed E-state index contributed by atoms with van der Waals surface area (Å²) in [6.07, 6.45) is -0.0741. The molecule has 41 heavy (non-hydrogen) atoms. The Hall–Kier alpha value is -3.04. The molecule has 5 rings (SSSR count). The SMILES string of the molecule is COCCOc1ccc(S(=O)(=O)[C@@H]2C[C@H](OC(=O)NC3(C#N)CC3)N(C(=O)C3(c4ccc(Cl)cc4)CC3)C2)c(Cl)c1. The molecule has 2 saturated carbocycles. The van der Waals surface area contributed by atoms with Gasteiger partial charge in [-0.3, -0.25) is 4.79 Å². The van der Waals surface area contributed by atoms with E-state index in [1.807, 2.05) is 0 Å². The van der Waals surface area contributed by atoms with Gasteiger partial charge in [-0.1, -0.05) is 35.3 Å². The van der Waals surface area contributed by atoms with Gasteiger partial charge in [-0.05, 0) is 55.5 Å². The van der Waals surface area contributed by atoms with Crippen LogP contribution < -0.4 is 10.1 Å². The first-order valence-electron chi connectivity index (χ1n) is 13.2. The second-order valence-electron chi connectivity index (χ2n) is 10.6. The molecule has 2 aliphatic carbocycles. The fourth-order valence-electron chi connectivity index (χ4n) is 5.07. The maximum absolute atomic E-state index is 14.0. The molecule has 2 atom stereocenters. The lowest BCUT2D eigenvalue weighted by Gasteiger charge is -2.29. The van der Waals surface area contributed by atoms with Crippen LogP contribution in [0.1, 0.15) is 37.7 Å². The maximum atomic E-state index is 14.0. The van der Waals surface area contributed by atoms with Gasteiger partial charge < -0.3 is 24.4 Å². The Labute approximate surface area is 248 Å². The van der Waals surface area contributed by atoms with Gasteiger partial charge in [-0.2, -0.15) is 5.26 Å². The summed E-state index contributed by atoms with van der Waals surface area (Å²) in [6, 6.07) is 13.3. The fraction of sp³-hybridized carbons (Fsp3) is 0.464. The minimum absolute atomic E-state index is 0.0237. The van der Waals surface area contributed by atoms with E-state index in [2.05, 4.69) is 11.4 Å². The van der Waals surface area contributed by atoms with Gasteiger partial charge in [0.15, 0.2) is 16.1 Å². The molecule has 10 nitrogen and oxygen atoms in total. The van der Waals surface area contributed by atoms with E-state index < -0.39 is 38.4 Å². The highest BCUT2D eigenvalue weighted by Crippen LogP contribution is 2.51. The molecule has 3 aliphatic rings. The molecule has 0 unspecified atom stereocenters. The van der Waals surface area contributed by atoms with Gasteiger partial charge in [0.05, 0.1) is 33.3 Å². The van der Waals surface area contributed by atoms with E-state index in [1.165, 1.54) is 30.2 Å². The number of carbonyl (C=O) groups excluding carboxylic acids is 2. The summed E-state index contributed by atoms with van der Waals surface area (Å²) < 4.78 is 43.7. The molecule has 1 N–H and O–H groups in total. The predicted molar refractivity (Wildman–Crippen MR) is 149 cm³/mol. The fourth-order valence-corrected chi connectivity index (χ4v) is 7.41. The summed E-state index contributed by atoms with van der Waals surface area (Å²) >= 11 is 12.4. The molecule has 1 aliphatic heterocycles. The number of halogens is 2. The van der Waals surface area contributed by atoms with E-state index in [0.29, 0.717) is 43.1 Å². The zero-order valence-electron chi connectivity index (χ0n) is 22.3. The number of sulfone groups is 1. The lowest BCUT2D eigenvalue weighted by molar-refractivity contribution is -0.140. The lowest BCUT2D eigenvalue weighted by Crippen LogP contribution is -2.46. The largest absolute Gasteiger partial charge is 0.491 e. The van der Waals surface area contributed by atoms with E-state index in [1.54, 1.807) is 24.3 Å². The molecule has 1 heterocycles. The molecule has 1 saturated heterocycles. The first-order valence-corrected chi connectivity index (χ1v) is 15.5. The van der Waals surface area contributed by atoms with Crippen molar-refractivity contribution in [3.8, 4) is 11.8 Å². The number of nitrogens with one attached hydrogen (secondary N) is 1. The summed E-state index contributed by atoms with van der Waals surface area (Å²) in [4.78, 5) is 28.0.